The van der Waals surface area contributed by atoms with Crippen LogP contribution in [0.5, 0.6) is 17.2 Å². The number of carbonyl (C=O) groups excluding carboxylic acids is 1. The van der Waals surface area contributed by atoms with Crippen LogP contribution in [0.2, 0.25) is 0 Å². The van der Waals surface area contributed by atoms with Crippen LogP contribution in [-0.2, 0) is 18.2 Å². The van der Waals surface area contributed by atoms with Gasteiger partial charge in [0, 0.05) is 17.5 Å². The van der Waals surface area contributed by atoms with Crippen LogP contribution in [0.4, 0.5) is 0 Å². The number of hydrogen-bond acceptors (Lipinski definition) is 5. The highest BCUT2D eigenvalue weighted by Gasteiger charge is 2.12. The zero-order valence-corrected chi connectivity index (χ0v) is 15.5. The maximum atomic E-state index is 12.1. The molecule has 0 fully saturated rings. The Morgan fingerprint density at radius 1 is 1.36 bits per heavy atom. The van der Waals surface area contributed by atoms with E-state index in [1.54, 1.807) is 30.3 Å². The summed E-state index contributed by atoms with van der Waals surface area (Å²) in [5.74, 6) is 0.620. The van der Waals surface area contributed by atoms with Crippen molar-refractivity contribution in [3.05, 3.63) is 53.6 Å². The summed E-state index contributed by atoms with van der Waals surface area (Å²) in [5, 5.41) is 14.1. The Balaban J connectivity index is 0.000000816. The van der Waals surface area contributed by atoms with Crippen LogP contribution < -0.4 is 4.74 Å². The summed E-state index contributed by atoms with van der Waals surface area (Å²) >= 11 is 6.43. The van der Waals surface area contributed by atoms with Crippen LogP contribution in [0, 0.1) is 0 Å². The number of ketones is 1. The topological polar surface area (TPSA) is 66.8 Å². The predicted octanol–water partition coefficient (Wildman–Crippen LogP) is 4.28. The first-order valence-corrected chi connectivity index (χ1v) is 10.8. The van der Waals surface area contributed by atoms with Crippen molar-refractivity contribution >= 4 is 44.6 Å². The Hall–Kier alpha value is -1.24. The van der Waals surface area contributed by atoms with Gasteiger partial charge in [-0.2, -0.15) is 0 Å². The van der Waals surface area contributed by atoms with Crippen LogP contribution >= 0.6 is 27.0 Å². The predicted molar refractivity (Wildman–Crippen MR) is 99.1 cm³/mol. The Morgan fingerprint density at radius 3 is 2.50 bits per heavy atom. The van der Waals surface area contributed by atoms with Gasteiger partial charge in [0.2, 0.25) is 0 Å². The zero-order valence-electron chi connectivity index (χ0n) is 12.7. The van der Waals surface area contributed by atoms with Crippen molar-refractivity contribution in [1.29, 1.82) is 1.43 Å². The third kappa shape index (κ3) is 5.87. The molecule has 0 bridgehead atoms. The number of phenolic OH excluding ortho intramolecular Hbond substituents is 2. The molecule has 0 heterocycles. The van der Waals surface area contributed by atoms with E-state index >= 15 is 0 Å². The Kier molecular flexibility index (Phi) is 7.56. The minimum Gasteiger partial charge on any atom is -0.508 e. The van der Waals surface area contributed by atoms with Gasteiger partial charge in [-0.25, -0.2) is 0 Å². The summed E-state index contributed by atoms with van der Waals surface area (Å²) < 4.78 is 11.7. The molecule has 0 radical (unpaired) electrons. The van der Waals surface area contributed by atoms with E-state index in [0.29, 0.717) is 11.5 Å². The summed E-state index contributed by atoms with van der Waals surface area (Å²) in [6, 6.07) is 11.2. The normalized spacial score (nSPS) is 10.2. The summed E-state index contributed by atoms with van der Waals surface area (Å²) in [6.07, 6.45) is 0.165. The number of halogens is 1. The molecule has 0 amide bonds. The molecule has 0 aromatic heterocycles. The molecular formula is C15H14IO4PS. The van der Waals surface area contributed by atoms with Crippen molar-refractivity contribution in [2.24, 2.45) is 0 Å². The van der Waals surface area contributed by atoms with E-state index in [9.17, 15) is 9.90 Å². The van der Waals surface area contributed by atoms with Gasteiger partial charge in [0.1, 0.15) is 17.2 Å². The molecule has 0 unspecified atom stereocenters. The summed E-state index contributed by atoms with van der Waals surface area (Å²) in [6.45, 7) is 0. The lowest BCUT2D eigenvalue weighted by molar-refractivity contribution is 0.0990. The molecule has 2 aromatic rings. The maximum absolute atomic E-state index is 12.1. The van der Waals surface area contributed by atoms with Gasteiger partial charge in [-0.05, 0) is 63.7 Å². The monoisotopic (exact) mass is 450 g/mol. The van der Waals surface area contributed by atoms with E-state index in [-0.39, 0.29) is 23.5 Å². The number of rotatable bonds is 5. The van der Waals surface area contributed by atoms with Gasteiger partial charge in [0.05, 0.1) is 12.7 Å². The highest BCUT2D eigenvalue weighted by molar-refractivity contribution is 14.2. The third-order valence-electron chi connectivity index (χ3n) is 2.79. The smallest absolute Gasteiger partial charge is 0.293 e. The van der Waals surface area contributed by atoms with Gasteiger partial charge in [-0.15, -0.1) is 0 Å². The molecule has 116 valence electrons. The number of Topliss-reactive ketones (excluding diaryl/α,β-unsaturated/α-hetero) is 1. The number of carbonyl (C=O) groups is 1. The second-order valence-corrected chi connectivity index (χ2v) is 8.29. The van der Waals surface area contributed by atoms with Crippen molar-refractivity contribution < 1.29 is 19.7 Å². The van der Waals surface area contributed by atoms with Gasteiger partial charge >= 0.3 is 0 Å². The second kappa shape index (κ2) is 9.71. The molecular weight excluding hydrogens is 434 g/mol. The molecule has 0 saturated carbocycles. The molecule has 2 rings (SSSR count). The lowest BCUT2D eigenvalue weighted by Crippen LogP contribution is -2.04. The SMILES string of the molecule is S=PI.[3H]Oc1ccc(CC(=O)c2ccc(OC)cc2O)cc1. The molecule has 0 atom stereocenters. The fourth-order valence-corrected chi connectivity index (χ4v) is 1.76. The number of benzene rings is 2. The molecule has 0 spiro atoms. The Bertz CT molecular complexity index is 667. The van der Waals surface area contributed by atoms with E-state index in [2.05, 4.69) is 39.0 Å². The highest BCUT2D eigenvalue weighted by Crippen LogP contribution is 2.24. The summed E-state index contributed by atoms with van der Waals surface area (Å²) in [4.78, 5) is 13.1. The van der Waals surface area contributed by atoms with Gasteiger partial charge in [-0.3, -0.25) is 4.79 Å². The van der Waals surface area contributed by atoms with Crippen molar-refractivity contribution in [3.8, 4) is 17.2 Å². The number of phenols is 2. The Labute approximate surface area is 150 Å². The van der Waals surface area contributed by atoms with E-state index in [1.165, 1.54) is 19.2 Å². The molecule has 0 aliphatic carbocycles. The van der Waals surface area contributed by atoms with Crippen LogP contribution in [0.25, 0.3) is 0 Å². The number of ether oxygens (including phenoxy) is 1. The maximum Gasteiger partial charge on any atom is 0.293 e. The fraction of sp³-hybridized carbons (Fsp3) is 0.133. The van der Waals surface area contributed by atoms with Gasteiger partial charge in [0.15, 0.2) is 5.78 Å². The first kappa shape index (κ1) is 17.1. The van der Waals surface area contributed by atoms with Gasteiger partial charge in [0.25, 0.3) is 1.43 Å². The minimum atomic E-state index is -0.190. The molecule has 4 nitrogen and oxygen atoms in total. The Morgan fingerprint density at radius 2 is 2.00 bits per heavy atom. The van der Waals surface area contributed by atoms with Crippen LogP contribution in [0.1, 0.15) is 15.9 Å². The summed E-state index contributed by atoms with van der Waals surface area (Å²) in [5.41, 5.74) is 1.04. The van der Waals surface area contributed by atoms with Gasteiger partial charge in [-0.1, -0.05) is 12.1 Å². The average Bonchev–Trinajstić information content (AvgIpc) is 2.56. The van der Waals surface area contributed by atoms with E-state index in [0.717, 1.165) is 10.6 Å². The third-order valence-corrected chi connectivity index (χ3v) is 2.79. The van der Waals surface area contributed by atoms with Crippen LogP contribution in [0.3, 0.4) is 0 Å². The second-order valence-electron chi connectivity index (χ2n) is 4.20. The quantitative estimate of drug-likeness (QED) is 0.405. The molecule has 0 aliphatic heterocycles. The molecule has 2 N–H and O–H groups in total. The highest BCUT2D eigenvalue weighted by atomic mass is 127. The first-order valence-electron chi connectivity index (χ1n) is 6.52. The van der Waals surface area contributed by atoms with E-state index in [1.807, 2.05) is 0 Å². The van der Waals surface area contributed by atoms with E-state index in [4.69, 9.17) is 6.17 Å². The molecule has 22 heavy (non-hydrogen) atoms. The first-order chi connectivity index (χ1) is 11.0. The van der Waals surface area contributed by atoms with Crippen molar-refractivity contribution in [1.82, 2.24) is 0 Å². The molecule has 7 heteroatoms. The van der Waals surface area contributed by atoms with Gasteiger partial charge < -0.3 is 15.0 Å². The molecule has 2 aromatic carbocycles. The lowest BCUT2D eigenvalue weighted by atomic mass is 10.0. The van der Waals surface area contributed by atoms with E-state index < -0.39 is 0 Å². The fourth-order valence-electron chi connectivity index (χ4n) is 1.76. The molecule has 0 saturated heterocycles. The zero-order chi connectivity index (χ0) is 17.2. The van der Waals surface area contributed by atoms with Crippen molar-refractivity contribution in [3.63, 3.8) is 0 Å². The van der Waals surface area contributed by atoms with Crippen LogP contribution in [-0.4, -0.2) is 24.5 Å². The number of methoxy groups -OCH3 is 1. The van der Waals surface area contributed by atoms with Crippen molar-refractivity contribution in [2.75, 3.05) is 7.11 Å². The standard InChI is InChI=1S/C15H14O4.IPS/c1-19-12-6-7-13(15(18)9-12)14(17)8-10-2-4-11(16)5-3-10;1-2-3/h2-7,9,16,18H,8H2,1H3;/i/hT. The largest absolute Gasteiger partial charge is 0.508 e. The number of aromatic hydroxyl groups is 2. The average molecular weight is 450 g/mol. The minimum absolute atomic E-state index is 0.0968. The molecule has 0 aliphatic rings. The summed E-state index contributed by atoms with van der Waals surface area (Å²) in [7, 11) is 1.49. The van der Waals surface area contributed by atoms with Crippen LogP contribution in [0.15, 0.2) is 42.5 Å². The van der Waals surface area contributed by atoms with Crippen molar-refractivity contribution in [2.45, 2.75) is 6.42 Å². The lowest BCUT2D eigenvalue weighted by Gasteiger charge is -2.06. The number of hydrogen-bond donors (Lipinski definition) is 2.